The molecule has 1 nitrogen and oxygen atoms in total. The van der Waals surface area contributed by atoms with Crippen molar-refractivity contribution in [3.05, 3.63) is 35.9 Å². The molecular weight excluding hydrogens is 242 g/mol. The molecule has 0 bridgehead atoms. The third kappa shape index (κ3) is 8.37. The Kier molecular flexibility index (Phi) is 10.3. The summed E-state index contributed by atoms with van der Waals surface area (Å²) in [5, 5.41) is 3.66. The van der Waals surface area contributed by atoms with Crippen LogP contribution in [0.2, 0.25) is 0 Å². The number of hydrogen-bond donors (Lipinski definition) is 1. The Morgan fingerprint density at radius 3 is 2.25 bits per heavy atom. The summed E-state index contributed by atoms with van der Waals surface area (Å²) in [6, 6.07) is 11.6. The van der Waals surface area contributed by atoms with Crippen LogP contribution in [-0.4, -0.2) is 12.6 Å². The monoisotopic (exact) mass is 275 g/mol. The Bertz CT molecular complexity index is 307. The first kappa shape index (κ1) is 17.2. The normalized spacial score (nSPS) is 12.5. The average molecular weight is 275 g/mol. The lowest BCUT2D eigenvalue weighted by Crippen LogP contribution is -2.28. The smallest absolute Gasteiger partial charge is 0.00670 e. The maximum absolute atomic E-state index is 3.66. The van der Waals surface area contributed by atoms with Crippen LogP contribution in [0.5, 0.6) is 0 Å². The fourth-order valence-corrected chi connectivity index (χ4v) is 2.83. The van der Waals surface area contributed by atoms with Crippen LogP contribution in [0.25, 0.3) is 0 Å². The fraction of sp³-hybridized carbons (Fsp3) is 0.684. The maximum atomic E-state index is 3.66. The fourth-order valence-electron chi connectivity index (χ4n) is 2.83. The second kappa shape index (κ2) is 12.0. The van der Waals surface area contributed by atoms with Crippen LogP contribution in [0.3, 0.4) is 0 Å². The molecule has 1 atom stereocenters. The summed E-state index contributed by atoms with van der Waals surface area (Å²) in [5.41, 5.74) is 1.48. The van der Waals surface area contributed by atoms with Gasteiger partial charge in [-0.1, -0.05) is 76.3 Å². The van der Waals surface area contributed by atoms with E-state index < -0.39 is 0 Å². The molecule has 20 heavy (non-hydrogen) atoms. The van der Waals surface area contributed by atoms with Gasteiger partial charge in [0.2, 0.25) is 0 Å². The number of hydrogen-bond acceptors (Lipinski definition) is 1. The van der Waals surface area contributed by atoms with E-state index in [4.69, 9.17) is 0 Å². The Labute approximate surface area is 126 Å². The highest BCUT2D eigenvalue weighted by Gasteiger charge is 2.06. The van der Waals surface area contributed by atoms with Crippen LogP contribution in [-0.2, 0) is 6.42 Å². The zero-order valence-electron chi connectivity index (χ0n) is 13.5. The highest BCUT2D eigenvalue weighted by molar-refractivity contribution is 5.14. The van der Waals surface area contributed by atoms with Crippen molar-refractivity contribution in [2.75, 3.05) is 6.54 Å². The van der Waals surface area contributed by atoms with Crippen molar-refractivity contribution in [1.82, 2.24) is 5.32 Å². The molecule has 0 aliphatic heterocycles. The minimum atomic E-state index is 0.727. The van der Waals surface area contributed by atoms with Gasteiger partial charge in [-0.3, -0.25) is 0 Å². The summed E-state index contributed by atoms with van der Waals surface area (Å²) >= 11 is 0. The van der Waals surface area contributed by atoms with E-state index >= 15 is 0 Å². The minimum absolute atomic E-state index is 0.727. The van der Waals surface area contributed by atoms with Gasteiger partial charge in [-0.2, -0.15) is 0 Å². The molecule has 1 heteroatoms. The van der Waals surface area contributed by atoms with E-state index in [0.29, 0.717) is 0 Å². The molecule has 0 heterocycles. The number of rotatable bonds is 12. The third-order valence-electron chi connectivity index (χ3n) is 4.01. The maximum Gasteiger partial charge on any atom is 0.00670 e. The Morgan fingerprint density at radius 1 is 0.850 bits per heavy atom. The van der Waals surface area contributed by atoms with Crippen molar-refractivity contribution in [3.63, 3.8) is 0 Å². The molecule has 0 spiro atoms. The zero-order chi connectivity index (χ0) is 14.5. The van der Waals surface area contributed by atoms with Gasteiger partial charge in [0.05, 0.1) is 0 Å². The summed E-state index contributed by atoms with van der Waals surface area (Å²) < 4.78 is 0. The molecule has 1 aromatic rings. The molecule has 114 valence electrons. The van der Waals surface area contributed by atoms with E-state index in [1.54, 1.807) is 0 Å². The first-order valence-corrected chi connectivity index (χ1v) is 8.64. The molecule has 0 amide bonds. The van der Waals surface area contributed by atoms with E-state index in [9.17, 15) is 0 Å². The first-order chi connectivity index (χ1) is 9.86. The van der Waals surface area contributed by atoms with E-state index in [1.807, 2.05) is 0 Å². The Hall–Kier alpha value is -0.820. The van der Waals surface area contributed by atoms with Gasteiger partial charge in [0.25, 0.3) is 0 Å². The van der Waals surface area contributed by atoms with Gasteiger partial charge >= 0.3 is 0 Å². The topological polar surface area (TPSA) is 12.0 Å². The lowest BCUT2D eigenvalue weighted by atomic mass is 10.00. The van der Waals surface area contributed by atoms with E-state index in [1.165, 1.54) is 63.4 Å². The van der Waals surface area contributed by atoms with E-state index in [-0.39, 0.29) is 0 Å². The van der Waals surface area contributed by atoms with Crippen molar-refractivity contribution >= 4 is 0 Å². The van der Waals surface area contributed by atoms with E-state index in [2.05, 4.69) is 49.5 Å². The Balaban J connectivity index is 2.14. The van der Waals surface area contributed by atoms with Crippen LogP contribution in [0.15, 0.2) is 30.3 Å². The van der Waals surface area contributed by atoms with Crippen molar-refractivity contribution in [2.45, 2.75) is 77.7 Å². The van der Waals surface area contributed by atoms with Crippen molar-refractivity contribution in [2.24, 2.45) is 0 Å². The minimum Gasteiger partial charge on any atom is -0.314 e. The molecule has 1 aromatic carbocycles. The molecule has 1 unspecified atom stereocenters. The summed E-state index contributed by atoms with van der Waals surface area (Å²) in [6.45, 7) is 5.61. The number of aryl methyl sites for hydroxylation is 1. The van der Waals surface area contributed by atoms with Crippen molar-refractivity contribution in [1.29, 1.82) is 0 Å². The molecule has 1 N–H and O–H groups in total. The SMILES string of the molecule is CCCCCCCC(CCCc1ccccc1)NCC. The molecule has 0 saturated carbocycles. The molecule has 0 fully saturated rings. The second-order valence-corrected chi connectivity index (χ2v) is 5.84. The van der Waals surface area contributed by atoms with Gasteiger partial charge in [0.1, 0.15) is 0 Å². The Morgan fingerprint density at radius 2 is 1.55 bits per heavy atom. The molecule has 1 rings (SSSR count). The first-order valence-electron chi connectivity index (χ1n) is 8.64. The average Bonchev–Trinajstić information content (AvgIpc) is 2.48. The van der Waals surface area contributed by atoms with Gasteiger partial charge in [0.15, 0.2) is 0 Å². The van der Waals surface area contributed by atoms with Gasteiger partial charge in [-0.25, -0.2) is 0 Å². The number of unbranched alkanes of at least 4 members (excludes halogenated alkanes) is 4. The number of nitrogens with one attached hydrogen (secondary N) is 1. The lowest BCUT2D eigenvalue weighted by molar-refractivity contribution is 0.430. The third-order valence-corrected chi connectivity index (χ3v) is 4.01. The molecule has 0 aromatic heterocycles. The molecule has 0 radical (unpaired) electrons. The molecule has 0 aliphatic rings. The van der Waals surface area contributed by atoms with Crippen molar-refractivity contribution in [3.8, 4) is 0 Å². The quantitative estimate of drug-likeness (QED) is 0.507. The van der Waals surface area contributed by atoms with Crippen LogP contribution >= 0.6 is 0 Å². The van der Waals surface area contributed by atoms with E-state index in [0.717, 1.165) is 12.6 Å². The van der Waals surface area contributed by atoms with Crippen molar-refractivity contribution < 1.29 is 0 Å². The largest absolute Gasteiger partial charge is 0.314 e. The van der Waals surface area contributed by atoms with Gasteiger partial charge < -0.3 is 5.32 Å². The zero-order valence-corrected chi connectivity index (χ0v) is 13.5. The van der Waals surface area contributed by atoms with Crippen LogP contribution in [0, 0.1) is 0 Å². The molecular formula is C19H33N. The lowest BCUT2D eigenvalue weighted by Gasteiger charge is -2.17. The predicted molar refractivity (Wildman–Crippen MR) is 90.2 cm³/mol. The predicted octanol–water partition coefficient (Wildman–Crippen LogP) is 5.35. The molecule has 0 saturated heterocycles. The second-order valence-electron chi connectivity index (χ2n) is 5.84. The summed E-state index contributed by atoms with van der Waals surface area (Å²) in [5.74, 6) is 0. The van der Waals surface area contributed by atoms with Gasteiger partial charge in [0, 0.05) is 6.04 Å². The highest BCUT2D eigenvalue weighted by Crippen LogP contribution is 2.12. The van der Waals surface area contributed by atoms with Gasteiger partial charge in [-0.15, -0.1) is 0 Å². The van der Waals surface area contributed by atoms with Crippen LogP contribution < -0.4 is 5.32 Å². The molecule has 0 aliphatic carbocycles. The summed E-state index contributed by atoms with van der Waals surface area (Å²) in [7, 11) is 0. The standard InChI is InChI=1S/C19H33N/c1-3-5-6-7-11-16-19(20-4-2)17-12-15-18-13-9-8-10-14-18/h8-10,13-14,19-20H,3-7,11-12,15-17H2,1-2H3. The summed E-state index contributed by atoms with van der Waals surface area (Å²) in [6.07, 6.45) is 12.2. The van der Waals surface area contributed by atoms with Gasteiger partial charge in [-0.05, 0) is 37.8 Å². The number of benzene rings is 1. The summed E-state index contributed by atoms with van der Waals surface area (Å²) in [4.78, 5) is 0. The highest BCUT2D eigenvalue weighted by atomic mass is 14.9. The van der Waals surface area contributed by atoms with Crippen LogP contribution in [0.4, 0.5) is 0 Å². The van der Waals surface area contributed by atoms with Crippen LogP contribution in [0.1, 0.15) is 70.8 Å².